The minimum Gasteiger partial charge on any atom is -0.504 e. The van der Waals surface area contributed by atoms with Crippen LogP contribution >= 0.6 is 11.3 Å². The fourth-order valence-electron chi connectivity index (χ4n) is 3.84. The second kappa shape index (κ2) is 7.50. The van der Waals surface area contributed by atoms with E-state index >= 15 is 0 Å². The summed E-state index contributed by atoms with van der Waals surface area (Å²) in [5, 5.41) is 11.6. The lowest BCUT2D eigenvalue weighted by molar-refractivity contribution is 0.217. The zero-order valence-corrected chi connectivity index (χ0v) is 17.1. The molecule has 0 aliphatic carbocycles. The highest BCUT2D eigenvalue weighted by molar-refractivity contribution is 7.21. The molecule has 0 saturated heterocycles. The lowest BCUT2D eigenvalue weighted by atomic mass is 10.1. The van der Waals surface area contributed by atoms with Crippen molar-refractivity contribution in [2.24, 2.45) is 0 Å². The van der Waals surface area contributed by atoms with E-state index in [0.29, 0.717) is 12.4 Å². The molecule has 4 nitrogen and oxygen atoms in total. The number of thiazole rings is 1. The summed E-state index contributed by atoms with van der Waals surface area (Å²) in [7, 11) is 0. The number of aryl methyl sites for hydroxylation is 1. The van der Waals surface area contributed by atoms with Crippen LogP contribution in [0.3, 0.4) is 0 Å². The maximum Gasteiger partial charge on any atom is 0.165 e. The van der Waals surface area contributed by atoms with Gasteiger partial charge in [-0.1, -0.05) is 36.4 Å². The zero-order chi connectivity index (χ0) is 19.8. The van der Waals surface area contributed by atoms with E-state index in [-0.39, 0.29) is 5.75 Å². The topological polar surface area (TPSA) is 45.6 Å². The molecule has 3 aromatic carbocycles. The molecule has 0 unspecified atom stereocenters. The Kier molecular flexibility index (Phi) is 4.70. The molecule has 1 aliphatic rings. The van der Waals surface area contributed by atoms with Crippen molar-refractivity contribution in [1.82, 2.24) is 9.88 Å². The van der Waals surface area contributed by atoms with Crippen molar-refractivity contribution in [1.29, 1.82) is 0 Å². The van der Waals surface area contributed by atoms with Crippen LogP contribution < -0.4 is 4.74 Å². The van der Waals surface area contributed by atoms with Crippen molar-refractivity contribution in [2.75, 3.05) is 13.2 Å². The number of phenols is 1. The van der Waals surface area contributed by atoms with Crippen LogP contribution in [0.4, 0.5) is 0 Å². The summed E-state index contributed by atoms with van der Waals surface area (Å²) in [5.41, 5.74) is 5.54. The van der Waals surface area contributed by atoms with E-state index in [2.05, 4.69) is 48.2 Å². The van der Waals surface area contributed by atoms with Gasteiger partial charge in [-0.2, -0.15) is 0 Å². The number of hydrogen-bond acceptors (Lipinski definition) is 5. The lowest BCUT2D eigenvalue weighted by Gasteiger charge is -2.20. The van der Waals surface area contributed by atoms with Gasteiger partial charge in [0.25, 0.3) is 0 Å². The molecule has 4 aromatic rings. The van der Waals surface area contributed by atoms with Gasteiger partial charge in [0.05, 0.1) is 10.2 Å². The van der Waals surface area contributed by atoms with E-state index in [1.807, 2.05) is 18.2 Å². The highest BCUT2D eigenvalue weighted by Crippen LogP contribution is 2.39. The van der Waals surface area contributed by atoms with Gasteiger partial charge in [0.15, 0.2) is 11.5 Å². The standard InChI is InChI=1S/C24H22N2O2S/c1-16-6-2-3-7-17(16)14-26-10-11-28-23-19(15-26)12-18(13-21(23)27)24-25-20-8-4-5-9-22(20)29-24/h2-9,12-13,27H,10-11,14-15H2,1H3. The van der Waals surface area contributed by atoms with Crippen molar-refractivity contribution >= 4 is 21.6 Å². The minimum absolute atomic E-state index is 0.189. The van der Waals surface area contributed by atoms with Gasteiger partial charge < -0.3 is 9.84 Å². The fraction of sp³-hybridized carbons (Fsp3) is 0.208. The van der Waals surface area contributed by atoms with Crippen LogP contribution in [0.1, 0.15) is 16.7 Å². The zero-order valence-electron chi connectivity index (χ0n) is 16.3. The molecule has 0 fully saturated rings. The molecule has 5 heteroatoms. The third-order valence-corrected chi connectivity index (χ3v) is 6.48. The molecule has 2 heterocycles. The molecule has 1 aliphatic heterocycles. The summed E-state index contributed by atoms with van der Waals surface area (Å²) >= 11 is 1.64. The molecule has 0 amide bonds. The van der Waals surface area contributed by atoms with Crippen LogP contribution in [0, 0.1) is 6.92 Å². The summed E-state index contributed by atoms with van der Waals surface area (Å²) in [5.74, 6) is 0.789. The van der Waals surface area contributed by atoms with Gasteiger partial charge in [-0.25, -0.2) is 4.98 Å². The van der Waals surface area contributed by atoms with Crippen molar-refractivity contribution in [3.63, 3.8) is 0 Å². The Hall–Kier alpha value is -2.89. The first kappa shape index (κ1) is 18.2. The predicted molar refractivity (Wildman–Crippen MR) is 118 cm³/mol. The third-order valence-electron chi connectivity index (χ3n) is 5.39. The molecule has 0 spiro atoms. The van der Waals surface area contributed by atoms with E-state index in [9.17, 15) is 5.11 Å². The Labute approximate surface area is 174 Å². The van der Waals surface area contributed by atoms with Crippen LogP contribution in [0.2, 0.25) is 0 Å². The molecular weight excluding hydrogens is 380 g/mol. The first-order valence-electron chi connectivity index (χ1n) is 9.79. The summed E-state index contributed by atoms with van der Waals surface area (Å²) in [6.45, 7) is 5.12. The van der Waals surface area contributed by atoms with Crippen molar-refractivity contribution in [3.8, 4) is 22.1 Å². The fourth-order valence-corrected chi connectivity index (χ4v) is 4.79. The van der Waals surface area contributed by atoms with E-state index in [0.717, 1.165) is 46.0 Å². The largest absolute Gasteiger partial charge is 0.504 e. The van der Waals surface area contributed by atoms with E-state index < -0.39 is 0 Å². The molecule has 1 N–H and O–H groups in total. The van der Waals surface area contributed by atoms with Crippen LogP contribution in [-0.2, 0) is 13.1 Å². The second-order valence-electron chi connectivity index (χ2n) is 7.46. The average molecular weight is 403 g/mol. The Morgan fingerprint density at radius 3 is 2.79 bits per heavy atom. The summed E-state index contributed by atoms with van der Waals surface area (Å²) in [6, 6.07) is 20.5. The number of ether oxygens (including phenoxy) is 1. The number of rotatable bonds is 3. The molecule has 0 atom stereocenters. The molecule has 29 heavy (non-hydrogen) atoms. The summed E-state index contributed by atoms with van der Waals surface area (Å²) in [4.78, 5) is 7.12. The van der Waals surface area contributed by atoms with Crippen molar-refractivity contribution in [2.45, 2.75) is 20.0 Å². The van der Waals surface area contributed by atoms with Crippen LogP contribution in [0.15, 0.2) is 60.7 Å². The first-order valence-corrected chi connectivity index (χ1v) is 10.6. The molecule has 0 saturated carbocycles. The number of phenolic OH excluding ortho intramolecular Hbond substituents is 1. The number of benzene rings is 3. The SMILES string of the molecule is Cc1ccccc1CN1CCOc2c(O)cc(-c3nc4ccccc4s3)cc2C1. The Balaban J connectivity index is 1.49. The Bertz CT molecular complexity index is 1150. The van der Waals surface area contributed by atoms with Crippen molar-refractivity contribution < 1.29 is 9.84 Å². The molecule has 0 bridgehead atoms. The molecule has 146 valence electrons. The van der Waals surface area contributed by atoms with Crippen LogP contribution in [0.5, 0.6) is 11.5 Å². The Morgan fingerprint density at radius 1 is 1.10 bits per heavy atom. The lowest BCUT2D eigenvalue weighted by Crippen LogP contribution is -2.25. The quantitative estimate of drug-likeness (QED) is 0.500. The predicted octanol–water partition coefficient (Wildman–Crippen LogP) is 5.37. The van der Waals surface area contributed by atoms with E-state index in [4.69, 9.17) is 9.72 Å². The van der Waals surface area contributed by atoms with Gasteiger partial charge in [0, 0.05) is 30.8 Å². The van der Waals surface area contributed by atoms with Crippen molar-refractivity contribution in [3.05, 3.63) is 77.4 Å². The van der Waals surface area contributed by atoms with E-state index in [1.54, 1.807) is 17.4 Å². The smallest absolute Gasteiger partial charge is 0.165 e. The highest BCUT2D eigenvalue weighted by Gasteiger charge is 2.21. The molecular formula is C24H22N2O2S. The summed E-state index contributed by atoms with van der Waals surface area (Å²) in [6.07, 6.45) is 0. The normalized spacial score (nSPS) is 14.4. The number of fused-ring (bicyclic) bond motifs is 2. The van der Waals surface area contributed by atoms with E-state index in [1.165, 1.54) is 11.1 Å². The average Bonchev–Trinajstić information content (AvgIpc) is 3.05. The first-order chi connectivity index (χ1) is 14.2. The maximum absolute atomic E-state index is 10.7. The van der Waals surface area contributed by atoms with Gasteiger partial charge in [0.2, 0.25) is 0 Å². The number of aromatic hydroxyl groups is 1. The summed E-state index contributed by atoms with van der Waals surface area (Å²) < 4.78 is 7.07. The monoisotopic (exact) mass is 402 g/mol. The van der Waals surface area contributed by atoms with Gasteiger partial charge >= 0.3 is 0 Å². The number of aromatic nitrogens is 1. The van der Waals surface area contributed by atoms with Gasteiger partial charge in [-0.05, 0) is 42.3 Å². The second-order valence-corrected chi connectivity index (χ2v) is 8.49. The molecule has 5 rings (SSSR count). The van der Waals surface area contributed by atoms with Crippen LogP contribution in [-0.4, -0.2) is 28.1 Å². The Morgan fingerprint density at radius 2 is 1.93 bits per heavy atom. The minimum atomic E-state index is 0.189. The molecule has 1 aromatic heterocycles. The number of para-hydroxylation sites is 1. The van der Waals surface area contributed by atoms with Gasteiger partial charge in [-0.15, -0.1) is 11.3 Å². The van der Waals surface area contributed by atoms with Crippen LogP contribution in [0.25, 0.3) is 20.8 Å². The highest BCUT2D eigenvalue weighted by atomic mass is 32.1. The number of hydrogen-bond donors (Lipinski definition) is 1. The van der Waals surface area contributed by atoms with Gasteiger partial charge in [-0.3, -0.25) is 4.90 Å². The van der Waals surface area contributed by atoms with Gasteiger partial charge in [0.1, 0.15) is 11.6 Å². The third kappa shape index (κ3) is 3.59. The maximum atomic E-state index is 10.7. The molecule has 0 radical (unpaired) electrons. The number of nitrogens with zero attached hydrogens (tertiary/aromatic N) is 2.